The Hall–Kier alpha value is -1.18. The molecule has 0 aromatic rings. The molecule has 1 saturated heterocycles. The molecule has 0 saturated carbocycles. The fraction of sp³-hybridized carbons (Fsp3) is 0.929. The summed E-state index contributed by atoms with van der Waals surface area (Å²) in [6.07, 6.45) is 18.0. The van der Waals surface area contributed by atoms with Gasteiger partial charge in [0.1, 0.15) is 6.10 Å². The van der Waals surface area contributed by atoms with E-state index in [2.05, 4.69) is 25.7 Å². The molecule has 1 fully saturated rings. The van der Waals surface area contributed by atoms with E-state index >= 15 is 0 Å². The Kier molecular flexibility index (Phi) is 28.2. The van der Waals surface area contributed by atoms with E-state index in [1.807, 2.05) is 0 Å². The summed E-state index contributed by atoms with van der Waals surface area (Å²) in [4.78, 5) is 22.5. The monoisotopic (exact) mass is 502 g/mol. The molecule has 1 amide bonds. The van der Waals surface area contributed by atoms with Gasteiger partial charge < -0.3 is 20.7 Å². The van der Waals surface area contributed by atoms with Crippen molar-refractivity contribution in [2.24, 2.45) is 11.7 Å². The van der Waals surface area contributed by atoms with Crippen LogP contribution in [0.4, 0.5) is 0 Å². The van der Waals surface area contributed by atoms with Crippen LogP contribution in [0.2, 0.25) is 0 Å². The molecule has 0 radical (unpaired) electrons. The van der Waals surface area contributed by atoms with Crippen LogP contribution in [-0.2, 0) is 14.3 Å². The summed E-state index contributed by atoms with van der Waals surface area (Å²) in [7, 11) is 0. The van der Waals surface area contributed by atoms with Gasteiger partial charge in [0.25, 0.3) is 0 Å². The first-order valence-electron chi connectivity index (χ1n) is 14.2. The van der Waals surface area contributed by atoms with Gasteiger partial charge in [0.05, 0.1) is 13.2 Å². The number of amides is 1. The van der Waals surface area contributed by atoms with Gasteiger partial charge in [0.15, 0.2) is 0 Å². The number of hydrogen-bond donors (Lipinski definition) is 3. The molecular weight excluding hydrogens is 444 g/mol. The summed E-state index contributed by atoms with van der Waals surface area (Å²) < 4.78 is 5.20. The number of ether oxygens (including phenoxy) is 1. The van der Waals surface area contributed by atoms with Crippen LogP contribution in [0.3, 0.4) is 0 Å². The Morgan fingerprint density at radius 1 is 0.829 bits per heavy atom. The number of nitrogens with two attached hydrogens (primary N) is 1. The maximum absolute atomic E-state index is 10.6. The van der Waals surface area contributed by atoms with Gasteiger partial charge in [-0.2, -0.15) is 0 Å². The fourth-order valence-corrected chi connectivity index (χ4v) is 3.76. The van der Waals surface area contributed by atoms with Gasteiger partial charge in [0.2, 0.25) is 5.91 Å². The first-order valence-corrected chi connectivity index (χ1v) is 14.2. The van der Waals surface area contributed by atoms with Gasteiger partial charge in [-0.25, -0.2) is 4.79 Å². The molecule has 7 nitrogen and oxygen atoms in total. The lowest BCUT2D eigenvalue weighted by atomic mass is 10.0. The number of aliphatic hydroxyl groups excluding tert-OH is 1. The molecule has 1 aliphatic heterocycles. The molecule has 35 heavy (non-hydrogen) atoms. The number of aliphatic carboxylic acids is 1. The first kappa shape index (κ1) is 36.0. The normalized spacial score (nSPS) is 14.5. The van der Waals surface area contributed by atoms with E-state index in [9.17, 15) is 9.59 Å². The SMILES string of the molecule is CC(C)CCCCCCCCCCCCCCC(N)=O.CC(O)C(=O)O.CCCN1CCOCC1. The molecule has 1 unspecified atom stereocenters. The minimum absolute atomic E-state index is 0.154. The lowest BCUT2D eigenvalue weighted by Crippen LogP contribution is -2.36. The van der Waals surface area contributed by atoms with Crippen molar-refractivity contribution in [1.82, 2.24) is 4.90 Å². The van der Waals surface area contributed by atoms with Gasteiger partial charge in [-0.3, -0.25) is 9.69 Å². The highest BCUT2D eigenvalue weighted by Crippen LogP contribution is 2.14. The Morgan fingerprint density at radius 3 is 1.57 bits per heavy atom. The lowest BCUT2D eigenvalue weighted by molar-refractivity contribution is -0.145. The average Bonchev–Trinajstić information content (AvgIpc) is 2.80. The number of carboxylic acid groups (broad SMARTS) is 1. The van der Waals surface area contributed by atoms with E-state index in [1.165, 1.54) is 96.9 Å². The Labute approximate surface area is 216 Å². The number of unbranched alkanes of at least 4 members (excludes halogenated alkanes) is 11. The summed E-state index contributed by atoms with van der Waals surface area (Å²) in [5.41, 5.74) is 5.11. The summed E-state index contributed by atoms with van der Waals surface area (Å²) in [5.74, 6) is -0.466. The van der Waals surface area contributed by atoms with Crippen LogP contribution < -0.4 is 5.73 Å². The summed E-state index contributed by atoms with van der Waals surface area (Å²) in [5, 5.41) is 15.8. The molecule has 0 aliphatic carbocycles. The minimum Gasteiger partial charge on any atom is -0.479 e. The molecule has 210 valence electrons. The summed E-state index contributed by atoms with van der Waals surface area (Å²) >= 11 is 0. The quantitative estimate of drug-likeness (QED) is 0.205. The third kappa shape index (κ3) is 32.8. The zero-order valence-corrected chi connectivity index (χ0v) is 23.4. The predicted octanol–water partition coefficient (Wildman–Crippen LogP) is 5.77. The molecule has 0 aromatic carbocycles. The number of morpholine rings is 1. The topological polar surface area (TPSA) is 113 Å². The Bertz CT molecular complexity index is 464. The first-order chi connectivity index (χ1) is 16.7. The van der Waals surface area contributed by atoms with Crippen molar-refractivity contribution in [3.8, 4) is 0 Å². The highest BCUT2D eigenvalue weighted by molar-refractivity contribution is 5.73. The van der Waals surface area contributed by atoms with E-state index in [-0.39, 0.29) is 5.91 Å². The molecular formula is C28H58N2O5. The molecule has 1 atom stereocenters. The van der Waals surface area contributed by atoms with Gasteiger partial charge in [-0.05, 0) is 32.2 Å². The molecule has 0 spiro atoms. The van der Waals surface area contributed by atoms with Crippen molar-refractivity contribution in [2.45, 2.75) is 130 Å². The van der Waals surface area contributed by atoms with Crippen LogP contribution in [0.25, 0.3) is 0 Å². The van der Waals surface area contributed by atoms with Crippen molar-refractivity contribution in [3.05, 3.63) is 0 Å². The molecule has 0 aromatic heterocycles. The Morgan fingerprint density at radius 2 is 1.23 bits per heavy atom. The number of aliphatic hydroxyl groups is 1. The minimum atomic E-state index is -1.23. The third-order valence-electron chi connectivity index (χ3n) is 5.96. The van der Waals surface area contributed by atoms with Crippen LogP contribution in [0, 0.1) is 5.92 Å². The molecule has 7 heteroatoms. The number of carboxylic acids is 1. The van der Waals surface area contributed by atoms with Crippen molar-refractivity contribution < 1.29 is 24.5 Å². The van der Waals surface area contributed by atoms with E-state index in [0.717, 1.165) is 38.6 Å². The molecule has 0 bridgehead atoms. The number of nitrogens with zero attached hydrogens (tertiary/aromatic N) is 1. The molecule has 1 aliphatic rings. The van der Waals surface area contributed by atoms with Crippen LogP contribution in [0.5, 0.6) is 0 Å². The third-order valence-corrected chi connectivity index (χ3v) is 5.96. The lowest BCUT2D eigenvalue weighted by Gasteiger charge is -2.25. The number of rotatable bonds is 18. The Balaban J connectivity index is 0. The van der Waals surface area contributed by atoms with Crippen molar-refractivity contribution in [1.29, 1.82) is 0 Å². The zero-order valence-electron chi connectivity index (χ0n) is 23.4. The molecule has 1 heterocycles. The van der Waals surface area contributed by atoms with Gasteiger partial charge >= 0.3 is 5.97 Å². The standard InChI is InChI=1S/C18H37NO.C7H15NO.C3H6O3/c1-17(2)15-13-11-9-7-5-3-4-6-8-10-12-14-16-18(19)20;1-2-3-8-4-6-9-7-5-8;1-2(4)3(5)6/h17H,3-16H2,1-2H3,(H2,19,20);2-7H2,1H3;2,4H,1H3,(H,5,6). The average molecular weight is 503 g/mol. The van der Waals surface area contributed by atoms with E-state index in [1.54, 1.807) is 0 Å². The summed E-state index contributed by atoms with van der Waals surface area (Å²) in [6.45, 7) is 13.4. The second kappa shape index (κ2) is 27.4. The smallest absolute Gasteiger partial charge is 0.332 e. The second-order valence-corrected chi connectivity index (χ2v) is 10.1. The maximum atomic E-state index is 10.6. The van der Waals surface area contributed by atoms with Crippen molar-refractivity contribution >= 4 is 11.9 Å². The number of primary amides is 1. The highest BCUT2D eigenvalue weighted by Gasteiger charge is 2.07. The number of carbonyl (C=O) groups is 2. The van der Waals surface area contributed by atoms with Crippen LogP contribution in [-0.4, -0.2) is 65.9 Å². The van der Waals surface area contributed by atoms with Crippen LogP contribution in [0.15, 0.2) is 0 Å². The second-order valence-electron chi connectivity index (χ2n) is 10.1. The predicted molar refractivity (Wildman–Crippen MR) is 146 cm³/mol. The zero-order chi connectivity index (χ0) is 26.7. The van der Waals surface area contributed by atoms with E-state index in [0.29, 0.717) is 6.42 Å². The van der Waals surface area contributed by atoms with Crippen LogP contribution in [0.1, 0.15) is 124 Å². The van der Waals surface area contributed by atoms with Crippen molar-refractivity contribution in [3.63, 3.8) is 0 Å². The number of carbonyl (C=O) groups excluding carboxylic acids is 1. The van der Waals surface area contributed by atoms with Gasteiger partial charge in [-0.1, -0.05) is 97.8 Å². The molecule has 4 N–H and O–H groups in total. The van der Waals surface area contributed by atoms with Crippen LogP contribution >= 0.6 is 0 Å². The fourth-order valence-electron chi connectivity index (χ4n) is 3.76. The van der Waals surface area contributed by atoms with Gasteiger partial charge in [-0.15, -0.1) is 0 Å². The highest BCUT2D eigenvalue weighted by atomic mass is 16.5. The van der Waals surface area contributed by atoms with E-state index < -0.39 is 12.1 Å². The van der Waals surface area contributed by atoms with Crippen molar-refractivity contribution in [2.75, 3.05) is 32.8 Å². The number of hydrogen-bond acceptors (Lipinski definition) is 5. The van der Waals surface area contributed by atoms with E-state index in [4.69, 9.17) is 20.7 Å². The summed E-state index contributed by atoms with van der Waals surface area (Å²) in [6, 6.07) is 0. The maximum Gasteiger partial charge on any atom is 0.332 e. The van der Waals surface area contributed by atoms with Gasteiger partial charge in [0, 0.05) is 19.5 Å². The largest absolute Gasteiger partial charge is 0.479 e. The molecule has 1 rings (SSSR count).